The first kappa shape index (κ1) is 10.9. The second kappa shape index (κ2) is 4.97. The fourth-order valence-electron chi connectivity index (χ4n) is 2.18. The zero-order valence-corrected chi connectivity index (χ0v) is 9.43. The fourth-order valence-corrected chi connectivity index (χ4v) is 2.18. The van der Waals surface area contributed by atoms with Crippen molar-refractivity contribution in [2.75, 3.05) is 13.1 Å². The van der Waals surface area contributed by atoms with Gasteiger partial charge in [0.25, 0.3) is 0 Å². The van der Waals surface area contributed by atoms with Crippen LogP contribution in [-0.4, -0.2) is 23.8 Å². The monoisotopic (exact) mass is 215 g/mol. The number of nitrogens with zero attached hydrogens (tertiary/aromatic N) is 1. The van der Waals surface area contributed by atoms with Gasteiger partial charge in [0.05, 0.1) is 0 Å². The highest BCUT2D eigenvalue weighted by atomic mass is 16.1. The number of piperidine rings is 1. The first-order valence-corrected chi connectivity index (χ1v) is 5.77. The van der Waals surface area contributed by atoms with Gasteiger partial charge in [0.1, 0.15) is 0 Å². The number of rotatable bonds is 3. The normalized spacial score (nSPS) is 17.1. The molecule has 1 aromatic rings. The second-order valence-corrected chi connectivity index (χ2v) is 4.22. The first-order chi connectivity index (χ1) is 7.81. The summed E-state index contributed by atoms with van der Waals surface area (Å²) < 4.78 is 0. The second-order valence-electron chi connectivity index (χ2n) is 4.22. The lowest BCUT2D eigenvalue weighted by atomic mass is 9.89. The number of likely N-dealkylation sites (tertiary alicyclic amines) is 1. The largest absolute Gasteiger partial charge is 0.378 e. The molecule has 0 saturated carbocycles. The van der Waals surface area contributed by atoms with Gasteiger partial charge in [-0.2, -0.15) is 0 Å². The van der Waals surface area contributed by atoms with E-state index in [4.69, 9.17) is 0 Å². The molecule has 0 aromatic heterocycles. The van der Waals surface area contributed by atoms with E-state index in [0.717, 1.165) is 31.5 Å². The van der Waals surface area contributed by atoms with E-state index in [1.165, 1.54) is 0 Å². The number of benzene rings is 1. The van der Waals surface area contributed by atoms with Crippen molar-refractivity contribution in [3.63, 3.8) is 0 Å². The van der Waals surface area contributed by atoms with Crippen molar-refractivity contribution in [2.45, 2.75) is 12.8 Å². The van der Waals surface area contributed by atoms with E-state index in [0.29, 0.717) is 5.78 Å². The molecule has 84 valence electrons. The zero-order chi connectivity index (χ0) is 11.4. The van der Waals surface area contributed by atoms with Gasteiger partial charge in [-0.3, -0.25) is 4.79 Å². The van der Waals surface area contributed by atoms with Gasteiger partial charge in [0.2, 0.25) is 0 Å². The summed E-state index contributed by atoms with van der Waals surface area (Å²) in [5.41, 5.74) is 0.847. The summed E-state index contributed by atoms with van der Waals surface area (Å²) in [4.78, 5) is 14.3. The molecule has 2 rings (SSSR count). The summed E-state index contributed by atoms with van der Waals surface area (Å²) in [5.74, 6) is 0.489. The van der Waals surface area contributed by atoms with Crippen molar-refractivity contribution in [3.05, 3.63) is 48.7 Å². The molecule has 0 unspecified atom stereocenters. The minimum Gasteiger partial charge on any atom is -0.378 e. The maximum atomic E-state index is 12.2. The highest BCUT2D eigenvalue weighted by Crippen LogP contribution is 2.21. The Labute approximate surface area is 96.6 Å². The summed E-state index contributed by atoms with van der Waals surface area (Å²) >= 11 is 0. The third-order valence-electron chi connectivity index (χ3n) is 3.22. The van der Waals surface area contributed by atoms with Crippen LogP contribution in [0, 0.1) is 5.92 Å². The van der Waals surface area contributed by atoms with Gasteiger partial charge >= 0.3 is 0 Å². The first-order valence-electron chi connectivity index (χ1n) is 5.77. The lowest BCUT2D eigenvalue weighted by Crippen LogP contribution is -2.32. The summed E-state index contributed by atoms with van der Waals surface area (Å²) in [6, 6.07) is 9.60. The Morgan fingerprint density at radius 2 is 1.88 bits per heavy atom. The standard InChI is InChI=1S/C14H17NO/c1-2-15-10-8-13(9-11-15)14(16)12-6-4-3-5-7-12/h2-7,13H,1,8-11H2. The Hall–Kier alpha value is -1.57. The predicted molar refractivity (Wildman–Crippen MR) is 65.3 cm³/mol. The van der Waals surface area contributed by atoms with Crippen LogP contribution in [0.25, 0.3) is 0 Å². The summed E-state index contributed by atoms with van der Waals surface area (Å²) in [7, 11) is 0. The molecule has 1 heterocycles. The molecule has 2 nitrogen and oxygen atoms in total. The molecular weight excluding hydrogens is 198 g/mol. The molecule has 16 heavy (non-hydrogen) atoms. The van der Waals surface area contributed by atoms with E-state index >= 15 is 0 Å². The van der Waals surface area contributed by atoms with E-state index in [1.807, 2.05) is 36.5 Å². The maximum absolute atomic E-state index is 12.2. The molecule has 1 aliphatic heterocycles. The van der Waals surface area contributed by atoms with E-state index in [1.54, 1.807) is 0 Å². The van der Waals surface area contributed by atoms with E-state index in [2.05, 4.69) is 11.5 Å². The van der Waals surface area contributed by atoms with Crippen LogP contribution in [0.3, 0.4) is 0 Å². The quantitative estimate of drug-likeness (QED) is 0.723. The smallest absolute Gasteiger partial charge is 0.166 e. The maximum Gasteiger partial charge on any atom is 0.166 e. The zero-order valence-electron chi connectivity index (χ0n) is 9.43. The van der Waals surface area contributed by atoms with Crippen LogP contribution >= 0.6 is 0 Å². The Bertz CT molecular complexity index is 364. The number of hydrogen-bond acceptors (Lipinski definition) is 2. The molecule has 2 heteroatoms. The van der Waals surface area contributed by atoms with Gasteiger partial charge in [-0.1, -0.05) is 36.9 Å². The highest BCUT2D eigenvalue weighted by Gasteiger charge is 2.24. The van der Waals surface area contributed by atoms with Gasteiger partial charge in [0, 0.05) is 24.6 Å². The molecule has 1 saturated heterocycles. The lowest BCUT2D eigenvalue weighted by molar-refractivity contribution is 0.0865. The highest BCUT2D eigenvalue weighted by molar-refractivity contribution is 5.97. The predicted octanol–water partition coefficient (Wildman–Crippen LogP) is 2.72. The Morgan fingerprint density at radius 3 is 2.44 bits per heavy atom. The van der Waals surface area contributed by atoms with Crippen LogP contribution in [0.1, 0.15) is 23.2 Å². The fraction of sp³-hybridized carbons (Fsp3) is 0.357. The number of ketones is 1. The summed E-state index contributed by atoms with van der Waals surface area (Å²) in [5, 5.41) is 0. The number of hydrogen-bond donors (Lipinski definition) is 0. The molecule has 0 radical (unpaired) electrons. The number of Topliss-reactive ketones (excluding diaryl/α,β-unsaturated/α-hetero) is 1. The van der Waals surface area contributed by atoms with Crippen molar-refractivity contribution in [1.82, 2.24) is 4.90 Å². The topological polar surface area (TPSA) is 20.3 Å². The van der Waals surface area contributed by atoms with Crippen LogP contribution in [0.2, 0.25) is 0 Å². The molecule has 0 atom stereocenters. The van der Waals surface area contributed by atoms with Gasteiger partial charge < -0.3 is 4.90 Å². The Kier molecular flexibility index (Phi) is 3.40. The molecule has 0 spiro atoms. The Balaban J connectivity index is 1.99. The van der Waals surface area contributed by atoms with Gasteiger partial charge in [-0.15, -0.1) is 0 Å². The van der Waals surface area contributed by atoms with Gasteiger partial charge in [0.15, 0.2) is 5.78 Å². The van der Waals surface area contributed by atoms with Crippen LogP contribution in [-0.2, 0) is 0 Å². The van der Waals surface area contributed by atoms with Crippen LogP contribution in [0.4, 0.5) is 0 Å². The molecule has 1 aromatic carbocycles. The van der Waals surface area contributed by atoms with E-state index in [9.17, 15) is 4.79 Å². The van der Waals surface area contributed by atoms with Crippen molar-refractivity contribution in [2.24, 2.45) is 5.92 Å². The van der Waals surface area contributed by atoms with Crippen LogP contribution in [0.15, 0.2) is 43.1 Å². The molecular formula is C14H17NO. The van der Waals surface area contributed by atoms with Crippen molar-refractivity contribution in [3.8, 4) is 0 Å². The molecule has 0 amide bonds. The van der Waals surface area contributed by atoms with Crippen molar-refractivity contribution >= 4 is 5.78 Å². The van der Waals surface area contributed by atoms with E-state index < -0.39 is 0 Å². The molecule has 1 aliphatic rings. The molecule has 1 fully saturated rings. The third kappa shape index (κ3) is 2.32. The van der Waals surface area contributed by atoms with E-state index in [-0.39, 0.29) is 5.92 Å². The minimum atomic E-state index is 0.193. The minimum absolute atomic E-state index is 0.193. The van der Waals surface area contributed by atoms with Gasteiger partial charge in [-0.25, -0.2) is 0 Å². The van der Waals surface area contributed by atoms with Crippen molar-refractivity contribution in [1.29, 1.82) is 0 Å². The third-order valence-corrected chi connectivity index (χ3v) is 3.22. The van der Waals surface area contributed by atoms with Crippen LogP contribution in [0.5, 0.6) is 0 Å². The van der Waals surface area contributed by atoms with Crippen LogP contribution < -0.4 is 0 Å². The SMILES string of the molecule is C=CN1CCC(C(=O)c2ccccc2)CC1. The molecule has 0 aliphatic carbocycles. The average Bonchev–Trinajstić information content (AvgIpc) is 2.39. The summed E-state index contributed by atoms with van der Waals surface area (Å²) in [6.07, 6.45) is 3.75. The van der Waals surface area contributed by atoms with Crippen molar-refractivity contribution < 1.29 is 4.79 Å². The summed E-state index contributed by atoms with van der Waals surface area (Å²) in [6.45, 7) is 5.66. The van der Waals surface area contributed by atoms with Gasteiger partial charge in [-0.05, 0) is 19.0 Å². The number of carbonyl (C=O) groups is 1. The number of carbonyl (C=O) groups excluding carboxylic acids is 1. The molecule has 0 N–H and O–H groups in total. The Morgan fingerprint density at radius 1 is 1.25 bits per heavy atom. The lowest BCUT2D eigenvalue weighted by Gasteiger charge is -2.30. The molecule has 0 bridgehead atoms. The average molecular weight is 215 g/mol.